The van der Waals surface area contributed by atoms with Gasteiger partial charge in [0, 0.05) is 6.07 Å². The Bertz CT molecular complexity index is 1970. The molecule has 0 aliphatic carbocycles. The van der Waals surface area contributed by atoms with E-state index in [1.54, 1.807) is 35.5 Å². The van der Waals surface area contributed by atoms with Crippen molar-refractivity contribution < 1.29 is 33.2 Å². The summed E-state index contributed by atoms with van der Waals surface area (Å²) in [4.78, 5) is 0. The number of rotatable bonds is 18. The van der Waals surface area contributed by atoms with Crippen LogP contribution in [0.2, 0.25) is 0 Å². The highest BCUT2D eigenvalue weighted by Crippen LogP contribution is 2.38. The number of methoxy groups -OCH3 is 5. The lowest BCUT2D eigenvalue weighted by Gasteiger charge is -2.16. The van der Waals surface area contributed by atoms with Gasteiger partial charge in [0.25, 0.3) is 0 Å². The van der Waals surface area contributed by atoms with Gasteiger partial charge >= 0.3 is 0 Å². The van der Waals surface area contributed by atoms with E-state index in [-0.39, 0.29) is 0 Å². The molecule has 0 bridgehead atoms. The van der Waals surface area contributed by atoms with Gasteiger partial charge in [0.15, 0.2) is 23.0 Å². The molecule has 0 atom stereocenters. The van der Waals surface area contributed by atoms with Crippen LogP contribution in [0, 0.1) is 0 Å². The molecule has 0 aliphatic heterocycles. The number of ether oxygens (including phenoxy) is 7. The summed E-state index contributed by atoms with van der Waals surface area (Å²) in [6.45, 7) is 0. The third kappa shape index (κ3) is 10.3. The Morgan fingerprint density at radius 2 is 0.574 bits per heavy atom. The largest absolute Gasteiger partial charge is 0.497 e. The standard InChI is InChI=1S/C47H48O7/c1-48-39-20-12-33(13-21-39)6-9-36-18-26-44(51-4)46(30-36)53-42-28-38(11-8-35-16-24-41(50-3)25-17-35)29-43(32-42)54-47-31-37(19-27-45(47)52-5)10-7-34-14-22-40(49-2)23-15-34/h12-32H,6-11H2,1-5H3. The molecule has 0 unspecified atom stereocenters. The number of hydrogen-bond donors (Lipinski definition) is 0. The van der Waals surface area contributed by atoms with E-state index in [0.717, 1.165) is 72.5 Å². The Labute approximate surface area is 319 Å². The molecule has 6 rings (SSSR count). The van der Waals surface area contributed by atoms with Crippen LogP contribution in [0.4, 0.5) is 0 Å². The highest BCUT2D eigenvalue weighted by Gasteiger charge is 2.14. The molecular weight excluding hydrogens is 677 g/mol. The monoisotopic (exact) mass is 724 g/mol. The van der Waals surface area contributed by atoms with Gasteiger partial charge in [0.1, 0.15) is 28.7 Å². The van der Waals surface area contributed by atoms with Gasteiger partial charge in [-0.15, -0.1) is 0 Å². The summed E-state index contributed by atoms with van der Waals surface area (Å²) >= 11 is 0. The average molecular weight is 725 g/mol. The Morgan fingerprint density at radius 3 is 0.907 bits per heavy atom. The van der Waals surface area contributed by atoms with Crippen molar-refractivity contribution in [2.45, 2.75) is 38.5 Å². The van der Waals surface area contributed by atoms with E-state index >= 15 is 0 Å². The fraction of sp³-hybridized carbons (Fsp3) is 0.234. The van der Waals surface area contributed by atoms with E-state index in [1.807, 2.05) is 54.6 Å². The first-order valence-electron chi connectivity index (χ1n) is 18.2. The molecule has 0 amide bonds. The molecule has 0 saturated carbocycles. The molecule has 278 valence electrons. The Morgan fingerprint density at radius 1 is 0.259 bits per heavy atom. The van der Waals surface area contributed by atoms with Crippen molar-refractivity contribution in [1.82, 2.24) is 0 Å². The van der Waals surface area contributed by atoms with E-state index in [4.69, 9.17) is 33.2 Å². The zero-order valence-electron chi connectivity index (χ0n) is 31.7. The van der Waals surface area contributed by atoms with Crippen molar-refractivity contribution in [1.29, 1.82) is 0 Å². The maximum Gasteiger partial charge on any atom is 0.169 e. The van der Waals surface area contributed by atoms with Gasteiger partial charge in [0.2, 0.25) is 0 Å². The Hall–Kier alpha value is -6.08. The van der Waals surface area contributed by atoms with Crippen molar-refractivity contribution in [3.05, 3.63) is 161 Å². The lowest BCUT2D eigenvalue weighted by molar-refractivity contribution is 0.372. The smallest absolute Gasteiger partial charge is 0.169 e. The summed E-state index contributed by atoms with van der Waals surface area (Å²) in [6.07, 6.45) is 5.07. The van der Waals surface area contributed by atoms with Gasteiger partial charge in [0.05, 0.1) is 35.5 Å². The minimum Gasteiger partial charge on any atom is -0.497 e. The topological polar surface area (TPSA) is 64.6 Å². The van der Waals surface area contributed by atoms with Gasteiger partial charge < -0.3 is 33.2 Å². The van der Waals surface area contributed by atoms with Crippen LogP contribution in [-0.2, 0) is 38.5 Å². The van der Waals surface area contributed by atoms with Gasteiger partial charge in [-0.25, -0.2) is 0 Å². The fourth-order valence-electron chi connectivity index (χ4n) is 6.30. The van der Waals surface area contributed by atoms with Crippen LogP contribution in [0.1, 0.15) is 33.4 Å². The maximum atomic E-state index is 6.63. The Balaban J connectivity index is 1.25. The summed E-state index contributed by atoms with van der Waals surface area (Å²) in [6, 6.07) is 42.8. The molecular formula is C47H48O7. The number of benzene rings is 6. The first-order chi connectivity index (χ1) is 26.4. The lowest BCUT2D eigenvalue weighted by atomic mass is 10.0. The van der Waals surface area contributed by atoms with Crippen molar-refractivity contribution >= 4 is 0 Å². The fourth-order valence-corrected chi connectivity index (χ4v) is 6.30. The molecule has 7 nitrogen and oxygen atoms in total. The van der Waals surface area contributed by atoms with Crippen LogP contribution in [0.25, 0.3) is 0 Å². The molecule has 0 aromatic heterocycles. The summed E-state index contributed by atoms with van der Waals surface area (Å²) in [5.41, 5.74) is 7.04. The second-order valence-corrected chi connectivity index (χ2v) is 13.0. The first-order valence-corrected chi connectivity index (χ1v) is 18.2. The normalized spacial score (nSPS) is 10.8. The molecule has 0 heterocycles. The second-order valence-electron chi connectivity index (χ2n) is 13.0. The molecule has 54 heavy (non-hydrogen) atoms. The third-order valence-electron chi connectivity index (χ3n) is 9.44. The van der Waals surface area contributed by atoms with Crippen molar-refractivity contribution in [2.75, 3.05) is 35.5 Å². The molecule has 0 radical (unpaired) electrons. The van der Waals surface area contributed by atoms with Crippen molar-refractivity contribution in [2.24, 2.45) is 0 Å². The van der Waals surface area contributed by atoms with Crippen molar-refractivity contribution in [3.8, 4) is 51.7 Å². The van der Waals surface area contributed by atoms with Crippen LogP contribution >= 0.6 is 0 Å². The molecule has 7 heteroatoms. The van der Waals surface area contributed by atoms with Crippen LogP contribution in [0.15, 0.2) is 127 Å². The molecule has 0 saturated heterocycles. The molecule has 0 N–H and O–H groups in total. The van der Waals surface area contributed by atoms with E-state index < -0.39 is 0 Å². The molecule has 0 fully saturated rings. The molecule has 0 aliphatic rings. The summed E-state index contributed by atoms with van der Waals surface area (Å²) in [7, 11) is 8.36. The SMILES string of the molecule is COc1ccc(CCc2cc(Oc3cc(CCc4ccc(OC)cc4)ccc3OC)cc(Oc3cc(CCc4ccc(OC)cc4)ccc3OC)c2)cc1. The zero-order valence-corrected chi connectivity index (χ0v) is 31.7. The highest BCUT2D eigenvalue weighted by atomic mass is 16.5. The van der Waals surface area contributed by atoms with Crippen LogP contribution < -0.4 is 33.2 Å². The van der Waals surface area contributed by atoms with E-state index in [1.165, 1.54) is 16.7 Å². The van der Waals surface area contributed by atoms with E-state index in [9.17, 15) is 0 Å². The quantitative estimate of drug-likeness (QED) is 0.0874. The zero-order chi connectivity index (χ0) is 37.7. The van der Waals surface area contributed by atoms with Gasteiger partial charge in [-0.2, -0.15) is 0 Å². The van der Waals surface area contributed by atoms with Gasteiger partial charge in [-0.1, -0.05) is 48.5 Å². The summed E-state index contributed by atoms with van der Waals surface area (Å²) < 4.78 is 40.8. The van der Waals surface area contributed by atoms with Crippen LogP contribution in [0.5, 0.6) is 51.7 Å². The Kier molecular flexibility index (Phi) is 13.0. The lowest BCUT2D eigenvalue weighted by Crippen LogP contribution is -1.98. The van der Waals surface area contributed by atoms with Crippen LogP contribution in [-0.4, -0.2) is 35.5 Å². The second kappa shape index (κ2) is 18.6. The predicted molar refractivity (Wildman–Crippen MR) is 214 cm³/mol. The van der Waals surface area contributed by atoms with E-state index in [0.29, 0.717) is 34.5 Å². The highest BCUT2D eigenvalue weighted by molar-refractivity contribution is 5.51. The van der Waals surface area contributed by atoms with Crippen LogP contribution in [0.3, 0.4) is 0 Å². The third-order valence-corrected chi connectivity index (χ3v) is 9.44. The van der Waals surface area contributed by atoms with E-state index in [2.05, 4.69) is 72.8 Å². The van der Waals surface area contributed by atoms with Gasteiger partial charge in [-0.3, -0.25) is 0 Å². The number of aryl methyl sites for hydroxylation is 6. The average Bonchev–Trinajstić information content (AvgIpc) is 3.22. The predicted octanol–water partition coefficient (Wildman–Crippen LogP) is 10.7. The van der Waals surface area contributed by atoms with Gasteiger partial charge in [-0.05, 0) is 145 Å². The van der Waals surface area contributed by atoms with Crippen molar-refractivity contribution in [3.63, 3.8) is 0 Å². The first kappa shape index (κ1) is 37.7. The molecule has 6 aromatic rings. The molecule has 0 spiro atoms. The minimum atomic E-state index is 0.640. The summed E-state index contributed by atoms with van der Waals surface area (Å²) in [5, 5.41) is 0. The maximum absolute atomic E-state index is 6.63. The molecule has 6 aromatic carbocycles. The number of hydrogen-bond acceptors (Lipinski definition) is 7. The minimum absolute atomic E-state index is 0.640. The summed E-state index contributed by atoms with van der Waals surface area (Å²) in [5.74, 6) is 6.43.